The van der Waals surface area contributed by atoms with Crippen LogP contribution in [0.4, 0.5) is 4.39 Å². The van der Waals surface area contributed by atoms with Gasteiger partial charge in [-0.3, -0.25) is 0 Å². The first kappa shape index (κ1) is 16.9. The Morgan fingerprint density at radius 3 is 2.75 bits per heavy atom. The minimum Gasteiger partial charge on any atom is -0.460 e. The number of halogens is 2. The first-order chi connectivity index (χ1) is 11.4. The third-order valence-electron chi connectivity index (χ3n) is 4.51. The number of ether oxygens (including phenoxy) is 1. The van der Waals surface area contributed by atoms with Crippen LogP contribution in [0.25, 0.3) is 11.3 Å². The Hall–Kier alpha value is -1.92. The highest BCUT2D eigenvalue weighted by Crippen LogP contribution is 2.40. The van der Waals surface area contributed by atoms with Gasteiger partial charge in [0.15, 0.2) is 0 Å². The van der Waals surface area contributed by atoms with Gasteiger partial charge in [-0.1, -0.05) is 22.8 Å². The normalized spacial score (nSPS) is 15.6. The van der Waals surface area contributed by atoms with Crippen molar-refractivity contribution in [2.75, 3.05) is 20.7 Å². The number of benzene rings is 1. The Labute approximate surface area is 144 Å². The number of aryl methyl sites for hydroxylation is 1. The van der Waals surface area contributed by atoms with E-state index in [1.165, 1.54) is 18.2 Å². The predicted octanol–water partition coefficient (Wildman–Crippen LogP) is 3.69. The molecular weight excluding hydrogens is 335 g/mol. The summed E-state index contributed by atoms with van der Waals surface area (Å²) in [6.45, 7) is 1.86. The number of aromatic nitrogens is 1. The van der Waals surface area contributed by atoms with E-state index in [2.05, 4.69) is 10.1 Å². The number of carbonyl (C=O) groups is 1. The second kappa shape index (κ2) is 6.18. The molecule has 3 rings (SSSR count). The average Bonchev–Trinajstić information content (AvgIpc) is 3.23. The second-order valence-corrected chi connectivity index (χ2v) is 6.66. The van der Waals surface area contributed by atoms with Crippen LogP contribution in [-0.4, -0.2) is 42.3 Å². The van der Waals surface area contributed by atoms with Crippen molar-refractivity contribution in [3.8, 4) is 11.3 Å². The van der Waals surface area contributed by atoms with Crippen molar-refractivity contribution in [2.24, 2.45) is 0 Å². The molecule has 0 amide bonds. The molecule has 1 aliphatic rings. The summed E-state index contributed by atoms with van der Waals surface area (Å²) < 4.78 is 24.7. The van der Waals surface area contributed by atoms with Crippen LogP contribution in [0.1, 0.15) is 29.0 Å². The van der Waals surface area contributed by atoms with Crippen LogP contribution in [0.5, 0.6) is 0 Å². The number of likely N-dealkylation sites (N-methyl/N-ethyl adjacent to an activating group) is 1. The summed E-state index contributed by atoms with van der Waals surface area (Å²) in [5, 5.41) is 3.97. The van der Waals surface area contributed by atoms with Crippen LogP contribution in [-0.2, 0) is 4.74 Å². The monoisotopic (exact) mass is 352 g/mol. The van der Waals surface area contributed by atoms with E-state index in [0.717, 1.165) is 12.8 Å². The van der Waals surface area contributed by atoms with Gasteiger partial charge in [0.1, 0.15) is 29.4 Å². The Kier molecular flexibility index (Phi) is 4.36. The molecular formula is C17H18ClFN2O3. The third-order valence-corrected chi connectivity index (χ3v) is 4.83. The number of hydrogen-bond acceptors (Lipinski definition) is 5. The van der Waals surface area contributed by atoms with Gasteiger partial charge < -0.3 is 14.2 Å². The molecule has 1 aromatic heterocycles. The average molecular weight is 353 g/mol. The third kappa shape index (κ3) is 2.91. The molecule has 7 heteroatoms. The molecule has 5 nitrogen and oxygen atoms in total. The Balaban J connectivity index is 1.89. The standard InChI is InChI=1S/C17H18ClFN2O3/c1-10-13(16(22)23-9-17(7-8-17)21(2)3)15(20-24-10)14-11(18)5-4-6-12(14)19/h4-6H,7-9H2,1-3H3. The van der Waals surface area contributed by atoms with Crippen LogP contribution in [0, 0.1) is 12.7 Å². The lowest BCUT2D eigenvalue weighted by molar-refractivity contribution is 0.0367. The Bertz CT molecular complexity index is 764. The second-order valence-electron chi connectivity index (χ2n) is 6.25. The quantitative estimate of drug-likeness (QED) is 0.768. The number of carbonyl (C=O) groups excluding carboxylic acids is 1. The smallest absolute Gasteiger partial charge is 0.344 e. The zero-order chi connectivity index (χ0) is 17.5. The molecule has 128 valence electrons. The van der Waals surface area contributed by atoms with Crippen LogP contribution >= 0.6 is 11.6 Å². The highest BCUT2D eigenvalue weighted by molar-refractivity contribution is 6.33. The molecule has 1 saturated carbocycles. The molecule has 1 fully saturated rings. The minimum absolute atomic E-state index is 0.0386. The fraction of sp³-hybridized carbons (Fsp3) is 0.412. The molecule has 1 aliphatic carbocycles. The van der Waals surface area contributed by atoms with Gasteiger partial charge in [0.2, 0.25) is 0 Å². The van der Waals surface area contributed by atoms with E-state index in [0.29, 0.717) is 0 Å². The lowest BCUT2D eigenvalue weighted by Gasteiger charge is -2.23. The van der Waals surface area contributed by atoms with E-state index in [1.54, 1.807) is 6.92 Å². The van der Waals surface area contributed by atoms with Crippen molar-refractivity contribution in [3.63, 3.8) is 0 Å². The Morgan fingerprint density at radius 1 is 1.46 bits per heavy atom. The topological polar surface area (TPSA) is 55.6 Å². The first-order valence-corrected chi connectivity index (χ1v) is 7.99. The highest BCUT2D eigenvalue weighted by atomic mass is 35.5. The van der Waals surface area contributed by atoms with E-state index in [4.69, 9.17) is 20.9 Å². The highest BCUT2D eigenvalue weighted by Gasteiger charge is 2.46. The molecule has 0 atom stereocenters. The van der Waals surface area contributed by atoms with Crippen molar-refractivity contribution in [2.45, 2.75) is 25.3 Å². The predicted molar refractivity (Wildman–Crippen MR) is 87.6 cm³/mol. The zero-order valence-electron chi connectivity index (χ0n) is 13.7. The molecule has 1 aromatic carbocycles. The van der Waals surface area contributed by atoms with Crippen LogP contribution < -0.4 is 0 Å². The van der Waals surface area contributed by atoms with Gasteiger partial charge in [-0.2, -0.15) is 0 Å². The van der Waals surface area contributed by atoms with Crippen molar-refractivity contribution in [1.82, 2.24) is 10.1 Å². The minimum atomic E-state index is -0.587. The summed E-state index contributed by atoms with van der Waals surface area (Å²) in [6, 6.07) is 4.27. The van der Waals surface area contributed by atoms with Crippen molar-refractivity contribution in [3.05, 3.63) is 40.4 Å². The maximum absolute atomic E-state index is 14.2. The molecule has 1 heterocycles. The molecule has 0 spiro atoms. The van der Waals surface area contributed by atoms with Crippen LogP contribution in [0.3, 0.4) is 0 Å². The van der Waals surface area contributed by atoms with Crippen molar-refractivity contribution < 1.29 is 18.4 Å². The lowest BCUT2D eigenvalue weighted by Crippen LogP contribution is -2.35. The maximum atomic E-state index is 14.2. The van der Waals surface area contributed by atoms with E-state index in [9.17, 15) is 9.18 Å². The summed E-state index contributed by atoms with van der Waals surface area (Å²) in [4.78, 5) is 14.6. The molecule has 0 saturated heterocycles. The Morgan fingerprint density at radius 2 is 2.17 bits per heavy atom. The molecule has 0 N–H and O–H groups in total. The van der Waals surface area contributed by atoms with Gasteiger partial charge in [-0.05, 0) is 46.0 Å². The fourth-order valence-electron chi connectivity index (χ4n) is 2.64. The van der Waals surface area contributed by atoms with Crippen LogP contribution in [0.2, 0.25) is 5.02 Å². The van der Waals surface area contributed by atoms with Crippen LogP contribution in [0.15, 0.2) is 22.7 Å². The van der Waals surface area contributed by atoms with Crippen molar-refractivity contribution >= 4 is 17.6 Å². The van der Waals surface area contributed by atoms with E-state index >= 15 is 0 Å². The van der Waals surface area contributed by atoms with Gasteiger partial charge in [0.05, 0.1) is 16.1 Å². The lowest BCUT2D eigenvalue weighted by atomic mass is 10.1. The number of hydrogen-bond donors (Lipinski definition) is 0. The van der Waals surface area contributed by atoms with Gasteiger partial charge in [0, 0.05) is 0 Å². The molecule has 0 bridgehead atoms. The summed E-state index contributed by atoms with van der Waals surface area (Å²) in [7, 11) is 3.91. The summed E-state index contributed by atoms with van der Waals surface area (Å²) in [6.07, 6.45) is 1.95. The number of esters is 1. The summed E-state index contributed by atoms with van der Waals surface area (Å²) in [5.41, 5.74) is 0.111. The van der Waals surface area contributed by atoms with Gasteiger partial charge in [-0.15, -0.1) is 0 Å². The van der Waals surface area contributed by atoms with Crippen molar-refractivity contribution in [1.29, 1.82) is 0 Å². The SMILES string of the molecule is Cc1onc(-c2c(F)cccc2Cl)c1C(=O)OCC1(N(C)C)CC1. The summed E-state index contributed by atoms with van der Waals surface area (Å²) in [5.74, 6) is -0.892. The molecule has 0 aliphatic heterocycles. The van der Waals surface area contributed by atoms with E-state index < -0.39 is 11.8 Å². The molecule has 2 aromatic rings. The van der Waals surface area contributed by atoms with Gasteiger partial charge >= 0.3 is 5.97 Å². The van der Waals surface area contributed by atoms with Gasteiger partial charge in [-0.25, -0.2) is 9.18 Å². The number of rotatable bonds is 5. The largest absolute Gasteiger partial charge is 0.460 e. The maximum Gasteiger partial charge on any atom is 0.344 e. The van der Waals surface area contributed by atoms with Gasteiger partial charge in [0.25, 0.3) is 0 Å². The number of nitrogens with zero attached hydrogens (tertiary/aromatic N) is 2. The van der Waals surface area contributed by atoms with E-state index in [1.807, 2.05) is 14.1 Å². The summed E-state index contributed by atoms with van der Waals surface area (Å²) >= 11 is 6.07. The molecule has 0 radical (unpaired) electrons. The van der Waals surface area contributed by atoms with E-state index in [-0.39, 0.29) is 39.7 Å². The first-order valence-electron chi connectivity index (χ1n) is 7.61. The molecule has 0 unspecified atom stereocenters. The zero-order valence-corrected chi connectivity index (χ0v) is 14.5. The molecule has 24 heavy (non-hydrogen) atoms. The fourth-order valence-corrected chi connectivity index (χ4v) is 2.90.